The number of aryl methyl sites for hydroxylation is 1. The van der Waals surface area contributed by atoms with E-state index in [-0.39, 0.29) is 6.54 Å². The highest BCUT2D eigenvalue weighted by atomic mass is 16.4. The third-order valence-electron chi connectivity index (χ3n) is 1.58. The van der Waals surface area contributed by atoms with Crippen molar-refractivity contribution >= 4 is 11.9 Å². The lowest BCUT2D eigenvalue weighted by Gasteiger charge is -2.02. The molecule has 74 valence electrons. The van der Waals surface area contributed by atoms with E-state index < -0.39 is 11.9 Å². The van der Waals surface area contributed by atoms with Crippen LogP contribution in [0.15, 0.2) is 18.5 Å². The Labute approximate surface area is 80.8 Å². The SMILES string of the molecule is Cc1cncc(CNC(=O)C(=O)O)c1. The van der Waals surface area contributed by atoms with E-state index in [2.05, 4.69) is 10.3 Å². The first-order valence-electron chi connectivity index (χ1n) is 4.01. The fraction of sp³-hybridized carbons (Fsp3) is 0.222. The van der Waals surface area contributed by atoms with E-state index in [0.29, 0.717) is 0 Å². The van der Waals surface area contributed by atoms with E-state index in [1.165, 1.54) is 0 Å². The van der Waals surface area contributed by atoms with E-state index in [1.54, 1.807) is 12.4 Å². The molecule has 1 rings (SSSR count). The highest BCUT2D eigenvalue weighted by Gasteiger charge is 2.09. The van der Waals surface area contributed by atoms with Gasteiger partial charge in [-0.15, -0.1) is 0 Å². The number of hydrogen-bond donors (Lipinski definition) is 2. The lowest BCUT2D eigenvalue weighted by molar-refractivity contribution is -0.150. The molecule has 5 nitrogen and oxygen atoms in total. The molecule has 0 fully saturated rings. The average Bonchev–Trinajstić information content (AvgIpc) is 2.14. The summed E-state index contributed by atoms with van der Waals surface area (Å²) < 4.78 is 0. The second-order valence-corrected chi connectivity index (χ2v) is 2.86. The quantitative estimate of drug-likeness (QED) is 0.654. The first-order chi connectivity index (χ1) is 6.59. The predicted octanol–water partition coefficient (Wildman–Crippen LogP) is 0.0908. The third-order valence-corrected chi connectivity index (χ3v) is 1.58. The van der Waals surface area contributed by atoms with Gasteiger partial charge in [0.25, 0.3) is 0 Å². The number of pyridine rings is 1. The molecule has 2 N–H and O–H groups in total. The minimum Gasteiger partial charge on any atom is -0.474 e. The minimum atomic E-state index is -1.48. The number of aromatic nitrogens is 1. The summed E-state index contributed by atoms with van der Waals surface area (Å²) in [7, 11) is 0. The van der Waals surface area contributed by atoms with Gasteiger partial charge in [0.05, 0.1) is 0 Å². The molecule has 0 saturated heterocycles. The van der Waals surface area contributed by atoms with Crippen LogP contribution in [-0.2, 0) is 16.1 Å². The first-order valence-corrected chi connectivity index (χ1v) is 4.01. The molecule has 0 unspecified atom stereocenters. The Bertz CT molecular complexity index is 363. The molecule has 14 heavy (non-hydrogen) atoms. The summed E-state index contributed by atoms with van der Waals surface area (Å²) in [6.07, 6.45) is 3.26. The summed E-state index contributed by atoms with van der Waals surface area (Å²) in [5.74, 6) is -2.49. The van der Waals surface area contributed by atoms with Crippen molar-refractivity contribution in [2.24, 2.45) is 0 Å². The molecule has 1 aromatic rings. The minimum absolute atomic E-state index is 0.180. The molecular formula is C9H10N2O3. The molecular weight excluding hydrogens is 184 g/mol. The second kappa shape index (κ2) is 4.36. The van der Waals surface area contributed by atoms with Crippen molar-refractivity contribution in [1.82, 2.24) is 10.3 Å². The Balaban J connectivity index is 2.54. The number of carboxylic acids is 1. The Hall–Kier alpha value is -1.91. The molecule has 0 atom stereocenters. The average molecular weight is 194 g/mol. The number of nitrogens with zero attached hydrogens (tertiary/aromatic N) is 1. The summed E-state index contributed by atoms with van der Waals surface area (Å²) in [5, 5.41) is 10.5. The summed E-state index contributed by atoms with van der Waals surface area (Å²) in [6.45, 7) is 2.05. The smallest absolute Gasteiger partial charge is 0.394 e. The number of hydrogen-bond acceptors (Lipinski definition) is 3. The summed E-state index contributed by atoms with van der Waals surface area (Å²) in [6, 6.07) is 1.83. The highest BCUT2D eigenvalue weighted by Crippen LogP contribution is 1.99. The Morgan fingerprint density at radius 1 is 1.50 bits per heavy atom. The van der Waals surface area contributed by atoms with Crippen molar-refractivity contribution in [3.63, 3.8) is 0 Å². The molecule has 1 amide bonds. The van der Waals surface area contributed by atoms with E-state index >= 15 is 0 Å². The van der Waals surface area contributed by atoms with E-state index in [1.807, 2.05) is 13.0 Å². The van der Waals surface area contributed by atoms with Crippen molar-refractivity contribution in [2.45, 2.75) is 13.5 Å². The molecule has 0 aromatic carbocycles. The molecule has 0 bridgehead atoms. The maximum Gasteiger partial charge on any atom is 0.394 e. The summed E-state index contributed by atoms with van der Waals surface area (Å²) in [4.78, 5) is 24.7. The van der Waals surface area contributed by atoms with E-state index in [4.69, 9.17) is 5.11 Å². The zero-order valence-corrected chi connectivity index (χ0v) is 7.65. The zero-order valence-electron chi connectivity index (χ0n) is 7.65. The van der Waals surface area contributed by atoms with Gasteiger partial charge in [0.1, 0.15) is 0 Å². The number of nitrogens with one attached hydrogen (secondary N) is 1. The Kier molecular flexibility index (Phi) is 3.17. The molecule has 0 spiro atoms. The van der Waals surface area contributed by atoms with Crippen LogP contribution < -0.4 is 5.32 Å². The van der Waals surface area contributed by atoms with Gasteiger partial charge in [-0.05, 0) is 18.1 Å². The Morgan fingerprint density at radius 3 is 2.79 bits per heavy atom. The summed E-state index contributed by atoms with van der Waals surface area (Å²) >= 11 is 0. The molecule has 0 saturated carbocycles. The van der Waals surface area contributed by atoms with Crippen LogP contribution >= 0.6 is 0 Å². The molecule has 0 aliphatic carbocycles. The number of carbonyl (C=O) groups excluding carboxylic acids is 1. The van der Waals surface area contributed by atoms with Crippen LogP contribution in [0.2, 0.25) is 0 Å². The van der Waals surface area contributed by atoms with Crippen molar-refractivity contribution in [3.8, 4) is 0 Å². The number of carboxylic acid groups (broad SMARTS) is 1. The van der Waals surface area contributed by atoms with Crippen LogP contribution in [0.1, 0.15) is 11.1 Å². The van der Waals surface area contributed by atoms with E-state index in [9.17, 15) is 9.59 Å². The van der Waals surface area contributed by atoms with Gasteiger partial charge in [0, 0.05) is 18.9 Å². The standard InChI is InChI=1S/C9H10N2O3/c1-6-2-7(4-10-3-6)5-11-8(12)9(13)14/h2-4H,5H2,1H3,(H,11,12)(H,13,14). The molecule has 1 heterocycles. The van der Waals surface area contributed by atoms with Gasteiger partial charge in [0.15, 0.2) is 0 Å². The van der Waals surface area contributed by atoms with Crippen LogP contribution in [0.25, 0.3) is 0 Å². The lowest BCUT2D eigenvalue weighted by Crippen LogP contribution is -2.30. The van der Waals surface area contributed by atoms with Gasteiger partial charge in [-0.3, -0.25) is 9.78 Å². The largest absolute Gasteiger partial charge is 0.474 e. The van der Waals surface area contributed by atoms with Crippen LogP contribution in [0, 0.1) is 6.92 Å². The van der Waals surface area contributed by atoms with Crippen LogP contribution in [0.3, 0.4) is 0 Å². The van der Waals surface area contributed by atoms with Gasteiger partial charge >= 0.3 is 11.9 Å². The van der Waals surface area contributed by atoms with Crippen molar-refractivity contribution in [3.05, 3.63) is 29.6 Å². The number of amides is 1. The zero-order chi connectivity index (χ0) is 10.6. The van der Waals surface area contributed by atoms with Crippen molar-refractivity contribution < 1.29 is 14.7 Å². The fourth-order valence-corrected chi connectivity index (χ4v) is 0.972. The molecule has 0 radical (unpaired) electrons. The molecule has 5 heteroatoms. The topological polar surface area (TPSA) is 79.3 Å². The molecule has 0 aliphatic rings. The molecule has 1 aromatic heterocycles. The maximum atomic E-state index is 10.7. The first kappa shape index (κ1) is 10.2. The highest BCUT2D eigenvalue weighted by molar-refractivity contribution is 6.31. The van der Waals surface area contributed by atoms with Crippen LogP contribution in [0.4, 0.5) is 0 Å². The number of carbonyl (C=O) groups is 2. The van der Waals surface area contributed by atoms with Gasteiger partial charge in [-0.2, -0.15) is 0 Å². The maximum absolute atomic E-state index is 10.7. The van der Waals surface area contributed by atoms with Crippen molar-refractivity contribution in [2.75, 3.05) is 0 Å². The van der Waals surface area contributed by atoms with Gasteiger partial charge in [0.2, 0.25) is 0 Å². The Morgan fingerprint density at radius 2 is 2.21 bits per heavy atom. The third kappa shape index (κ3) is 2.85. The predicted molar refractivity (Wildman–Crippen MR) is 48.5 cm³/mol. The van der Waals surface area contributed by atoms with Gasteiger partial charge < -0.3 is 10.4 Å². The fourth-order valence-electron chi connectivity index (χ4n) is 0.972. The van der Waals surface area contributed by atoms with Crippen LogP contribution in [-0.4, -0.2) is 22.0 Å². The molecule has 0 aliphatic heterocycles. The second-order valence-electron chi connectivity index (χ2n) is 2.86. The van der Waals surface area contributed by atoms with Crippen LogP contribution in [0.5, 0.6) is 0 Å². The van der Waals surface area contributed by atoms with Gasteiger partial charge in [-0.25, -0.2) is 4.79 Å². The van der Waals surface area contributed by atoms with E-state index in [0.717, 1.165) is 11.1 Å². The monoisotopic (exact) mass is 194 g/mol. The van der Waals surface area contributed by atoms with Crippen molar-refractivity contribution in [1.29, 1.82) is 0 Å². The lowest BCUT2D eigenvalue weighted by atomic mass is 10.2. The summed E-state index contributed by atoms with van der Waals surface area (Å²) in [5.41, 5.74) is 1.74. The number of rotatable bonds is 2. The number of aliphatic carboxylic acids is 1. The normalized spacial score (nSPS) is 9.50. The van der Waals surface area contributed by atoms with Gasteiger partial charge in [-0.1, -0.05) is 6.07 Å².